The normalized spacial score (nSPS) is 10.2. The molecule has 0 aliphatic rings. The van der Waals surface area contributed by atoms with Crippen molar-refractivity contribution in [2.45, 2.75) is 12.4 Å². The van der Waals surface area contributed by atoms with Gasteiger partial charge in [-0.15, -0.1) is 11.6 Å². The van der Waals surface area contributed by atoms with Gasteiger partial charge in [0.05, 0.1) is 5.88 Å². The molecule has 0 aliphatic carbocycles. The molecule has 2 rings (SSSR count). The Hall–Kier alpha value is -1.61. The second-order valence-electron chi connectivity index (χ2n) is 3.84. The molecule has 0 fully saturated rings. The van der Waals surface area contributed by atoms with Crippen molar-refractivity contribution in [3.63, 3.8) is 0 Å². The van der Waals surface area contributed by atoms with Crippen molar-refractivity contribution in [1.82, 2.24) is 9.97 Å². The van der Waals surface area contributed by atoms with Crippen LogP contribution in [0.5, 0.6) is 0 Å². The zero-order valence-corrected chi connectivity index (χ0v) is 10.4. The molecule has 4 heteroatoms. The predicted molar refractivity (Wildman–Crippen MR) is 70.1 cm³/mol. The number of pyridine rings is 2. The molecule has 0 aromatic carbocycles. The number of nitrogens with zero attached hydrogens (tertiary/aromatic N) is 3. The van der Waals surface area contributed by atoms with Gasteiger partial charge >= 0.3 is 0 Å². The van der Waals surface area contributed by atoms with Crippen molar-refractivity contribution in [2.24, 2.45) is 0 Å². The Kier molecular flexibility index (Phi) is 3.94. The van der Waals surface area contributed by atoms with E-state index in [2.05, 4.69) is 14.9 Å². The van der Waals surface area contributed by atoms with E-state index in [-0.39, 0.29) is 0 Å². The first-order valence-corrected chi connectivity index (χ1v) is 5.94. The molecule has 0 saturated heterocycles. The van der Waals surface area contributed by atoms with Crippen molar-refractivity contribution in [1.29, 1.82) is 0 Å². The van der Waals surface area contributed by atoms with Gasteiger partial charge < -0.3 is 4.90 Å². The minimum atomic E-state index is 0.473. The van der Waals surface area contributed by atoms with Crippen LogP contribution in [-0.4, -0.2) is 17.0 Å². The Labute approximate surface area is 106 Å². The van der Waals surface area contributed by atoms with Crippen LogP contribution >= 0.6 is 11.6 Å². The lowest BCUT2D eigenvalue weighted by Gasteiger charge is -2.20. The quantitative estimate of drug-likeness (QED) is 0.778. The summed E-state index contributed by atoms with van der Waals surface area (Å²) in [5.41, 5.74) is 2.20. The second-order valence-corrected chi connectivity index (χ2v) is 4.10. The molecule has 0 saturated carbocycles. The molecular formula is C13H14ClN3. The Morgan fingerprint density at radius 2 is 2.06 bits per heavy atom. The molecule has 0 radical (unpaired) electrons. The number of alkyl halides is 1. The summed E-state index contributed by atoms with van der Waals surface area (Å²) in [5.74, 6) is 1.40. The molecule has 2 heterocycles. The zero-order valence-electron chi connectivity index (χ0n) is 9.68. The van der Waals surface area contributed by atoms with Gasteiger partial charge in [0.2, 0.25) is 0 Å². The minimum Gasteiger partial charge on any atom is -0.355 e. The Balaban J connectivity index is 2.17. The number of hydrogen-bond donors (Lipinski definition) is 0. The Bertz CT molecular complexity index is 473. The van der Waals surface area contributed by atoms with Crippen LogP contribution in [0, 0.1) is 0 Å². The van der Waals surface area contributed by atoms with E-state index in [9.17, 15) is 0 Å². The van der Waals surface area contributed by atoms with Gasteiger partial charge in [-0.3, -0.25) is 4.98 Å². The Morgan fingerprint density at radius 1 is 1.24 bits per heavy atom. The summed E-state index contributed by atoms with van der Waals surface area (Å²) in [7, 11) is 2.01. The van der Waals surface area contributed by atoms with Gasteiger partial charge in [0.15, 0.2) is 0 Å². The van der Waals surface area contributed by atoms with Crippen LogP contribution in [0.3, 0.4) is 0 Å². The summed E-state index contributed by atoms with van der Waals surface area (Å²) in [4.78, 5) is 10.5. The molecule has 17 heavy (non-hydrogen) atoms. The van der Waals surface area contributed by atoms with E-state index in [0.717, 1.165) is 23.5 Å². The van der Waals surface area contributed by atoms with Crippen molar-refractivity contribution in [3.05, 3.63) is 54.0 Å². The van der Waals surface area contributed by atoms with E-state index >= 15 is 0 Å². The highest BCUT2D eigenvalue weighted by molar-refractivity contribution is 6.17. The maximum Gasteiger partial charge on any atom is 0.132 e. The first-order valence-electron chi connectivity index (χ1n) is 5.41. The first kappa shape index (κ1) is 11.9. The van der Waals surface area contributed by atoms with Gasteiger partial charge in [0.1, 0.15) is 5.82 Å². The van der Waals surface area contributed by atoms with Crippen molar-refractivity contribution >= 4 is 17.4 Å². The third-order valence-corrected chi connectivity index (χ3v) is 2.80. The summed E-state index contributed by atoms with van der Waals surface area (Å²) in [6.45, 7) is 0.773. The monoisotopic (exact) mass is 247 g/mol. The number of rotatable bonds is 4. The van der Waals surface area contributed by atoms with Crippen LogP contribution in [0.2, 0.25) is 0 Å². The molecule has 3 nitrogen and oxygen atoms in total. The van der Waals surface area contributed by atoms with Crippen LogP contribution in [0.15, 0.2) is 42.9 Å². The fourth-order valence-electron chi connectivity index (χ4n) is 1.72. The average molecular weight is 248 g/mol. The summed E-state index contributed by atoms with van der Waals surface area (Å²) >= 11 is 5.90. The van der Waals surface area contributed by atoms with E-state index in [1.165, 1.54) is 0 Å². The van der Waals surface area contributed by atoms with Crippen LogP contribution in [0.4, 0.5) is 5.82 Å². The van der Waals surface area contributed by atoms with Crippen LogP contribution < -0.4 is 4.90 Å². The van der Waals surface area contributed by atoms with Crippen molar-refractivity contribution in [2.75, 3.05) is 11.9 Å². The summed E-state index contributed by atoms with van der Waals surface area (Å²) in [5, 5.41) is 0. The molecule has 0 amide bonds. The SMILES string of the molecule is CN(Cc1cccnc1)c1ncccc1CCl. The number of halogens is 1. The van der Waals surface area contributed by atoms with Gasteiger partial charge in [-0.05, 0) is 17.7 Å². The number of hydrogen-bond acceptors (Lipinski definition) is 3. The highest BCUT2D eigenvalue weighted by atomic mass is 35.5. The van der Waals surface area contributed by atoms with Crippen LogP contribution in [0.25, 0.3) is 0 Å². The van der Waals surface area contributed by atoms with E-state index in [1.54, 1.807) is 12.4 Å². The van der Waals surface area contributed by atoms with Gasteiger partial charge in [-0.1, -0.05) is 12.1 Å². The third kappa shape index (κ3) is 2.94. The molecule has 2 aromatic rings. The average Bonchev–Trinajstić information content (AvgIpc) is 2.40. The number of anilines is 1. The molecule has 2 aromatic heterocycles. The predicted octanol–water partition coefficient (Wildman–Crippen LogP) is 2.85. The molecule has 88 valence electrons. The van der Waals surface area contributed by atoms with Gasteiger partial charge in [-0.25, -0.2) is 4.98 Å². The number of aromatic nitrogens is 2. The van der Waals surface area contributed by atoms with Gasteiger partial charge in [0, 0.05) is 37.7 Å². The van der Waals surface area contributed by atoms with Gasteiger partial charge in [-0.2, -0.15) is 0 Å². The van der Waals surface area contributed by atoms with Crippen molar-refractivity contribution < 1.29 is 0 Å². The second kappa shape index (κ2) is 5.64. The molecule has 0 unspecified atom stereocenters. The van der Waals surface area contributed by atoms with Gasteiger partial charge in [0.25, 0.3) is 0 Å². The smallest absolute Gasteiger partial charge is 0.132 e. The van der Waals surface area contributed by atoms with Crippen LogP contribution in [0.1, 0.15) is 11.1 Å². The van der Waals surface area contributed by atoms with Crippen molar-refractivity contribution in [3.8, 4) is 0 Å². The molecule has 0 atom stereocenters. The summed E-state index contributed by atoms with van der Waals surface area (Å²) in [6.07, 6.45) is 5.42. The topological polar surface area (TPSA) is 29.0 Å². The molecule has 0 N–H and O–H groups in total. The third-order valence-electron chi connectivity index (χ3n) is 2.52. The minimum absolute atomic E-state index is 0.473. The fourth-order valence-corrected chi connectivity index (χ4v) is 1.93. The summed E-state index contributed by atoms with van der Waals surface area (Å²) in [6, 6.07) is 7.88. The lowest BCUT2D eigenvalue weighted by molar-refractivity contribution is 0.883. The standard InChI is InChI=1S/C13H14ClN3/c1-17(10-11-4-2-6-15-9-11)13-12(8-14)5-3-7-16-13/h2-7,9H,8,10H2,1H3. The lowest BCUT2D eigenvalue weighted by Crippen LogP contribution is -2.19. The maximum absolute atomic E-state index is 5.90. The molecular weight excluding hydrogens is 234 g/mol. The summed E-state index contributed by atoms with van der Waals surface area (Å²) < 4.78 is 0. The Morgan fingerprint density at radius 3 is 2.76 bits per heavy atom. The maximum atomic E-state index is 5.90. The highest BCUT2D eigenvalue weighted by Gasteiger charge is 2.08. The fraction of sp³-hybridized carbons (Fsp3) is 0.231. The lowest BCUT2D eigenvalue weighted by atomic mass is 10.2. The molecule has 0 spiro atoms. The largest absolute Gasteiger partial charge is 0.355 e. The van der Waals surface area contributed by atoms with E-state index < -0.39 is 0 Å². The highest BCUT2D eigenvalue weighted by Crippen LogP contribution is 2.19. The van der Waals surface area contributed by atoms with E-state index in [4.69, 9.17) is 11.6 Å². The first-order chi connectivity index (χ1) is 8.31. The van der Waals surface area contributed by atoms with Crippen LogP contribution in [-0.2, 0) is 12.4 Å². The van der Waals surface area contributed by atoms with E-state index in [0.29, 0.717) is 5.88 Å². The zero-order chi connectivity index (χ0) is 12.1. The molecule has 0 aliphatic heterocycles. The molecule has 0 bridgehead atoms. The van der Waals surface area contributed by atoms with E-state index in [1.807, 2.05) is 37.5 Å².